The van der Waals surface area contributed by atoms with Gasteiger partial charge in [-0.05, 0) is 41.5 Å². The Labute approximate surface area is 181 Å². The lowest BCUT2D eigenvalue weighted by atomic mass is 9.85. The lowest BCUT2D eigenvalue weighted by Crippen LogP contribution is -2.32. The van der Waals surface area contributed by atoms with Crippen LogP contribution in [0.25, 0.3) is 5.70 Å². The van der Waals surface area contributed by atoms with Crippen molar-refractivity contribution in [3.63, 3.8) is 0 Å². The molecular formula is C23H16BrN5O. The molecule has 0 fully saturated rings. The molecule has 6 nitrogen and oxygen atoms in total. The fourth-order valence-corrected chi connectivity index (χ4v) is 4.64. The number of rotatable bonds is 2. The van der Waals surface area contributed by atoms with Crippen LogP contribution < -0.4 is 10.1 Å². The normalized spacial score (nSPS) is 19.2. The summed E-state index contributed by atoms with van der Waals surface area (Å²) in [6.45, 7) is 0. The fraction of sp³-hybridized carbons (Fsp3) is 0.0870. The van der Waals surface area contributed by atoms with E-state index in [0.717, 1.165) is 38.2 Å². The summed E-state index contributed by atoms with van der Waals surface area (Å²) < 4.78 is 9.49. The molecule has 0 saturated carbocycles. The van der Waals surface area contributed by atoms with E-state index in [1.54, 1.807) is 12.5 Å². The van der Waals surface area contributed by atoms with Crippen molar-refractivity contribution in [1.29, 1.82) is 0 Å². The second-order valence-corrected chi connectivity index (χ2v) is 8.14. The van der Waals surface area contributed by atoms with Crippen molar-refractivity contribution in [2.45, 2.75) is 12.1 Å². The van der Waals surface area contributed by atoms with Crippen LogP contribution in [0.2, 0.25) is 0 Å². The van der Waals surface area contributed by atoms with Gasteiger partial charge < -0.3 is 10.1 Å². The molecular weight excluding hydrogens is 442 g/mol. The van der Waals surface area contributed by atoms with Gasteiger partial charge in [-0.2, -0.15) is 10.1 Å². The molecule has 2 aromatic carbocycles. The Morgan fingerprint density at radius 3 is 2.77 bits per heavy atom. The van der Waals surface area contributed by atoms with E-state index in [0.29, 0.717) is 5.95 Å². The summed E-state index contributed by atoms with van der Waals surface area (Å²) in [5, 5.41) is 8.03. The van der Waals surface area contributed by atoms with Crippen molar-refractivity contribution < 1.29 is 4.74 Å². The number of hydrogen-bond donors (Lipinski definition) is 1. The number of nitrogens with one attached hydrogen (secondary N) is 1. The number of ether oxygens (including phenoxy) is 1. The van der Waals surface area contributed by atoms with Crippen molar-refractivity contribution in [3.05, 3.63) is 106 Å². The van der Waals surface area contributed by atoms with Crippen LogP contribution in [0.4, 0.5) is 5.95 Å². The molecule has 2 aliphatic rings. The Morgan fingerprint density at radius 1 is 1.00 bits per heavy atom. The first kappa shape index (κ1) is 17.4. The third kappa shape index (κ3) is 2.66. The topological polar surface area (TPSA) is 64.9 Å². The van der Waals surface area contributed by atoms with Gasteiger partial charge in [0.1, 0.15) is 24.2 Å². The second-order valence-electron chi connectivity index (χ2n) is 7.22. The van der Waals surface area contributed by atoms with Crippen LogP contribution in [0.1, 0.15) is 28.8 Å². The minimum Gasteiger partial charge on any atom is -0.480 e. The predicted octanol–water partition coefficient (Wildman–Crippen LogP) is 5.00. The van der Waals surface area contributed by atoms with Gasteiger partial charge in [0.05, 0.1) is 5.70 Å². The summed E-state index contributed by atoms with van der Waals surface area (Å²) in [5.74, 6) is 1.54. The zero-order valence-electron chi connectivity index (χ0n) is 15.7. The molecule has 0 bridgehead atoms. The number of benzene rings is 2. The van der Waals surface area contributed by atoms with Crippen LogP contribution >= 0.6 is 15.9 Å². The molecule has 0 radical (unpaired) electrons. The number of fused-ring (bicyclic) bond motifs is 3. The third-order valence-electron chi connectivity index (χ3n) is 5.47. The first-order chi connectivity index (χ1) is 14.8. The van der Waals surface area contributed by atoms with E-state index in [-0.39, 0.29) is 12.1 Å². The Balaban J connectivity index is 1.64. The lowest BCUT2D eigenvalue weighted by molar-refractivity contribution is 0.223. The minimum absolute atomic E-state index is 0.190. The van der Waals surface area contributed by atoms with E-state index in [2.05, 4.69) is 60.6 Å². The van der Waals surface area contributed by atoms with E-state index in [4.69, 9.17) is 4.74 Å². The molecule has 0 saturated heterocycles. The summed E-state index contributed by atoms with van der Waals surface area (Å²) in [6, 6.07) is 20.1. The predicted molar refractivity (Wildman–Crippen MR) is 117 cm³/mol. The highest BCUT2D eigenvalue weighted by molar-refractivity contribution is 9.10. The largest absolute Gasteiger partial charge is 0.480 e. The number of aromatic nitrogens is 4. The SMILES string of the molecule is Brc1cccc([C@@H]2Oc3ccccc3C3=C2[C@@H](c2cccnc2)n2ncnc2N3)c1. The van der Waals surface area contributed by atoms with Gasteiger partial charge in [-0.1, -0.05) is 46.3 Å². The van der Waals surface area contributed by atoms with E-state index in [1.165, 1.54) is 0 Å². The Hall–Kier alpha value is -3.45. The summed E-state index contributed by atoms with van der Waals surface area (Å²) in [7, 11) is 0. The van der Waals surface area contributed by atoms with Gasteiger partial charge in [0.15, 0.2) is 0 Å². The Bertz CT molecular complexity index is 1280. The number of halogens is 1. The first-order valence-corrected chi connectivity index (χ1v) is 10.4. The number of hydrogen-bond acceptors (Lipinski definition) is 5. The number of pyridine rings is 1. The zero-order chi connectivity index (χ0) is 20.1. The molecule has 0 spiro atoms. The summed E-state index contributed by atoms with van der Waals surface area (Å²) in [5.41, 5.74) is 5.20. The van der Waals surface area contributed by atoms with Crippen molar-refractivity contribution >= 4 is 27.6 Å². The Morgan fingerprint density at radius 2 is 1.90 bits per heavy atom. The average molecular weight is 458 g/mol. The standard InChI is InChI=1S/C23H16BrN5O/c24-16-7-3-5-14(11-16)22-19-20(17-8-1-2-9-18(17)30-22)28-23-26-13-27-29(23)21(19)15-6-4-10-25-12-15/h1-13,21-22H,(H,26,27,28)/t21-,22+/m1/s1. The van der Waals surface area contributed by atoms with E-state index in [1.807, 2.05) is 47.3 Å². The van der Waals surface area contributed by atoms with Gasteiger partial charge in [0, 0.05) is 28.0 Å². The summed E-state index contributed by atoms with van der Waals surface area (Å²) >= 11 is 3.60. The monoisotopic (exact) mass is 457 g/mol. The van der Waals surface area contributed by atoms with Crippen LogP contribution in [0.3, 0.4) is 0 Å². The van der Waals surface area contributed by atoms with Crippen LogP contribution in [0.15, 0.2) is 89.4 Å². The Kier molecular flexibility index (Phi) is 3.95. The molecule has 30 heavy (non-hydrogen) atoms. The molecule has 0 unspecified atom stereocenters. The molecule has 2 atom stereocenters. The molecule has 7 heteroatoms. The number of para-hydroxylation sites is 1. The van der Waals surface area contributed by atoms with Crippen molar-refractivity contribution in [1.82, 2.24) is 19.7 Å². The maximum atomic E-state index is 6.59. The minimum atomic E-state index is -0.289. The second kappa shape index (κ2) is 6.81. The fourth-order valence-electron chi connectivity index (χ4n) is 4.22. The zero-order valence-corrected chi connectivity index (χ0v) is 17.3. The van der Waals surface area contributed by atoms with Crippen molar-refractivity contribution in [2.75, 3.05) is 5.32 Å². The number of nitrogens with zero attached hydrogens (tertiary/aromatic N) is 4. The smallest absolute Gasteiger partial charge is 0.226 e. The van der Waals surface area contributed by atoms with E-state index in [9.17, 15) is 0 Å². The molecule has 4 aromatic rings. The van der Waals surface area contributed by atoms with Crippen LogP contribution in [0, 0.1) is 0 Å². The molecule has 2 aliphatic heterocycles. The molecule has 6 rings (SSSR count). The molecule has 146 valence electrons. The van der Waals surface area contributed by atoms with Gasteiger partial charge in [0.25, 0.3) is 0 Å². The third-order valence-corrected chi connectivity index (χ3v) is 5.97. The maximum absolute atomic E-state index is 6.59. The van der Waals surface area contributed by atoms with Gasteiger partial charge in [-0.15, -0.1) is 0 Å². The lowest BCUT2D eigenvalue weighted by Gasteiger charge is -2.38. The molecule has 0 aliphatic carbocycles. The summed E-state index contributed by atoms with van der Waals surface area (Å²) in [6.07, 6.45) is 4.94. The van der Waals surface area contributed by atoms with Gasteiger partial charge >= 0.3 is 0 Å². The molecule has 2 aromatic heterocycles. The summed E-state index contributed by atoms with van der Waals surface area (Å²) in [4.78, 5) is 8.80. The van der Waals surface area contributed by atoms with Crippen molar-refractivity contribution in [2.24, 2.45) is 0 Å². The van der Waals surface area contributed by atoms with Gasteiger partial charge in [-0.3, -0.25) is 4.98 Å². The van der Waals surface area contributed by atoms with Gasteiger partial charge in [0.2, 0.25) is 5.95 Å². The quantitative estimate of drug-likeness (QED) is 0.458. The highest BCUT2D eigenvalue weighted by Gasteiger charge is 2.40. The average Bonchev–Trinajstić information content (AvgIpc) is 3.26. The van der Waals surface area contributed by atoms with Gasteiger partial charge in [-0.25, -0.2) is 4.68 Å². The van der Waals surface area contributed by atoms with Crippen LogP contribution in [0.5, 0.6) is 5.75 Å². The van der Waals surface area contributed by atoms with Crippen molar-refractivity contribution in [3.8, 4) is 5.75 Å². The number of anilines is 1. The molecule has 0 amide bonds. The van der Waals surface area contributed by atoms with E-state index < -0.39 is 0 Å². The van der Waals surface area contributed by atoms with Crippen LogP contribution in [-0.2, 0) is 0 Å². The van der Waals surface area contributed by atoms with E-state index >= 15 is 0 Å². The van der Waals surface area contributed by atoms with Crippen LogP contribution in [-0.4, -0.2) is 19.7 Å². The highest BCUT2D eigenvalue weighted by Crippen LogP contribution is 2.50. The molecule has 1 N–H and O–H groups in total. The maximum Gasteiger partial charge on any atom is 0.226 e. The highest BCUT2D eigenvalue weighted by atomic mass is 79.9. The first-order valence-electron chi connectivity index (χ1n) is 9.61. The molecule has 4 heterocycles.